The van der Waals surface area contributed by atoms with E-state index in [2.05, 4.69) is 19.4 Å². The lowest BCUT2D eigenvalue weighted by Gasteiger charge is -2.23. The van der Waals surface area contributed by atoms with Gasteiger partial charge in [0.2, 0.25) is 0 Å². The summed E-state index contributed by atoms with van der Waals surface area (Å²) in [5.41, 5.74) is 1.40. The molecule has 1 aromatic carbocycles. The third-order valence-corrected chi connectivity index (χ3v) is 5.36. The Balaban J connectivity index is 0.000000245. The van der Waals surface area contributed by atoms with E-state index >= 15 is 0 Å². The zero-order chi connectivity index (χ0) is 22.2. The van der Waals surface area contributed by atoms with E-state index in [0.717, 1.165) is 25.9 Å². The van der Waals surface area contributed by atoms with Gasteiger partial charge in [-0.25, -0.2) is 9.37 Å². The van der Waals surface area contributed by atoms with E-state index in [1.54, 1.807) is 22.9 Å². The molecule has 164 valence electrons. The lowest BCUT2D eigenvalue weighted by molar-refractivity contribution is -0.286. The molecule has 1 saturated heterocycles. The number of aldehydes is 1. The van der Waals surface area contributed by atoms with Crippen LogP contribution in [-0.2, 0) is 0 Å². The molecule has 0 aliphatic carbocycles. The SMILES string of the molecule is CN1CCC(F)CC1.O=Cc1cnc2c(c1)c(Cl)cn2-c1ccc2c(c1)OC(F)(F)O2. The van der Waals surface area contributed by atoms with Crippen LogP contribution in [0.1, 0.15) is 23.2 Å². The summed E-state index contributed by atoms with van der Waals surface area (Å²) in [6.45, 7) is 1.86. The Morgan fingerprint density at radius 1 is 1.19 bits per heavy atom. The number of pyridine rings is 1. The van der Waals surface area contributed by atoms with Crippen molar-refractivity contribution in [2.75, 3.05) is 20.1 Å². The van der Waals surface area contributed by atoms with Crippen molar-refractivity contribution < 1.29 is 27.4 Å². The van der Waals surface area contributed by atoms with Crippen LogP contribution in [0.3, 0.4) is 0 Å². The van der Waals surface area contributed by atoms with E-state index in [-0.39, 0.29) is 11.5 Å². The molecular weight excluding hydrogens is 435 g/mol. The van der Waals surface area contributed by atoms with Crippen LogP contribution >= 0.6 is 11.6 Å². The number of carbonyl (C=O) groups is 1. The first-order valence-corrected chi connectivity index (χ1v) is 9.98. The monoisotopic (exact) mass is 453 g/mol. The third-order valence-electron chi connectivity index (χ3n) is 5.06. The number of hydrogen-bond donors (Lipinski definition) is 0. The molecule has 2 aromatic heterocycles. The lowest BCUT2D eigenvalue weighted by atomic mass is 10.1. The van der Waals surface area contributed by atoms with E-state index in [1.807, 2.05) is 7.05 Å². The fourth-order valence-electron chi connectivity index (χ4n) is 3.41. The van der Waals surface area contributed by atoms with Crippen LogP contribution in [0.2, 0.25) is 5.02 Å². The molecule has 31 heavy (non-hydrogen) atoms. The van der Waals surface area contributed by atoms with Crippen LogP contribution in [-0.4, -0.2) is 53.3 Å². The second-order valence-corrected chi connectivity index (χ2v) is 7.79. The summed E-state index contributed by atoms with van der Waals surface area (Å²) in [6, 6.07) is 5.97. The molecule has 0 amide bonds. The molecule has 3 aromatic rings. The second-order valence-electron chi connectivity index (χ2n) is 7.38. The molecule has 2 aliphatic heterocycles. The van der Waals surface area contributed by atoms with Crippen LogP contribution in [0, 0.1) is 0 Å². The van der Waals surface area contributed by atoms with Gasteiger partial charge in [0.25, 0.3) is 0 Å². The number of halogens is 4. The summed E-state index contributed by atoms with van der Waals surface area (Å²) in [6.07, 6.45) is 0.933. The number of aromatic nitrogens is 2. The van der Waals surface area contributed by atoms with Gasteiger partial charge in [-0.1, -0.05) is 11.6 Å². The van der Waals surface area contributed by atoms with E-state index in [4.69, 9.17) is 11.6 Å². The quantitative estimate of drug-likeness (QED) is 0.518. The van der Waals surface area contributed by atoms with Crippen molar-refractivity contribution in [1.29, 1.82) is 0 Å². The number of carbonyl (C=O) groups excluding carboxylic acids is 1. The van der Waals surface area contributed by atoms with E-state index in [0.29, 0.717) is 33.6 Å². The predicted molar refractivity (Wildman–Crippen MR) is 109 cm³/mol. The van der Waals surface area contributed by atoms with Gasteiger partial charge in [-0.05, 0) is 38.1 Å². The molecule has 10 heteroatoms. The van der Waals surface area contributed by atoms with Gasteiger partial charge in [-0.2, -0.15) is 0 Å². The summed E-state index contributed by atoms with van der Waals surface area (Å²) < 4.78 is 48.9. The second kappa shape index (κ2) is 8.39. The van der Waals surface area contributed by atoms with Crippen molar-refractivity contribution in [3.63, 3.8) is 0 Å². The maximum Gasteiger partial charge on any atom is 0.586 e. The van der Waals surface area contributed by atoms with Gasteiger partial charge in [0.15, 0.2) is 17.8 Å². The number of rotatable bonds is 2. The Morgan fingerprint density at radius 3 is 2.58 bits per heavy atom. The van der Waals surface area contributed by atoms with Crippen molar-refractivity contribution in [2.24, 2.45) is 0 Å². The number of piperidine rings is 1. The number of ether oxygens (including phenoxy) is 2. The maximum absolute atomic E-state index is 13.1. The molecule has 0 spiro atoms. The van der Waals surface area contributed by atoms with E-state index < -0.39 is 12.5 Å². The first-order valence-electron chi connectivity index (χ1n) is 9.60. The molecule has 0 saturated carbocycles. The number of fused-ring (bicyclic) bond motifs is 2. The van der Waals surface area contributed by atoms with Crippen LogP contribution in [0.25, 0.3) is 16.7 Å². The Labute approximate surface area is 181 Å². The molecule has 0 unspecified atom stereocenters. The van der Waals surface area contributed by atoms with Gasteiger partial charge in [0, 0.05) is 42.5 Å². The molecular formula is C21H19ClF3N3O3. The summed E-state index contributed by atoms with van der Waals surface area (Å²) >= 11 is 6.17. The zero-order valence-electron chi connectivity index (χ0n) is 16.5. The van der Waals surface area contributed by atoms with Crippen molar-refractivity contribution in [1.82, 2.24) is 14.5 Å². The third kappa shape index (κ3) is 4.62. The van der Waals surface area contributed by atoms with Gasteiger partial charge in [-0.15, -0.1) is 8.78 Å². The average molecular weight is 454 g/mol. The minimum absolute atomic E-state index is 0.0440. The van der Waals surface area contributed by atoms with Crippen molar-refractivity contribution >= 4 is 28.9 Å². The van der Waals surface area contributed by atoms with Crippen LogP contribution < -0.4 is 9.47 Å². The first kappa shape index (κ1) is 21.5. The fraction of sp³-hybridized carbons (Fsp3) is 0.333. The Kier molecular flexibility index (Phi) is 5.81. The molecule has 0 bridgehead atoms. The number of alkyl halides is 3. The number of likely N-dealkylation sites (tertiary alicyclic amines) is 1. The van der Waals surface area contributed by atoms with E-state index in [9.17, 15) is 18.0 Å². The summed E-state index contributed by atoms with van der Waals surface area (Å²) in [7, 11) is 2.03. The summed E-state index contributed by atoms with van der Waals surface area (Å²) in [5.74, 6) is -0.118. The number of benzene rings is 1. The molecule has 2 aliphatic rings. The molecule has 1 fully saturated rings. The minimum Gasteiger partial charge on any atom is -0.395 e. The predicted octanol–water partition coefficient (Wildman–Crippen LogP) is 4.86. The molecule has 0 radical (unpaired) electrons. The molecule has 4 heterocycles. The van der Waals surface area contributed by atoms with Crippen LogP contribution in [0.5, 0.6) is 11.5 Å². The lowest BCUT2D eigenvalue weighted by Crippen LogP contribution is -2.30. The number of hydrogen-bond acceptors (Lipinski definition) is 5. The minimum atomic E-state index is -3.67. The fourth-order valence-corrected chi connectivity index (χ4v) is 3.65. The van der Waals surface area contributed by atoms with Gasteiger partial charge in [-0.3, -0.25) is 9.36 Å². The highest BCUT2D eigenvalue weighted by Crippen LogP contribution is 2.42. The standard InChI is InChI=1S/C15H7ClF2N2O3.C6H12FN/c16-11-6-20(14-10(11)3-8(7-21)5-19-14)9-1-2-12-13(4-9)23-15(17,18)22-12;1-8-4-2-6(7)3-5-8/h1-7H;6H,2-5H2,1H3. The maximum atomic E-state index is 13.1. The van der Waals surface area contributed by atoms with Gasteiger partial charge < -0.3 is 14.4 Å². The molecule has 5 rings (SSSR count). The normalized spacial score (nSPS) is 18.0. The van der Waals surface area contributed by atoms with Gasteiger partial charge in [0.1, 0.15) is 11.8 Å². The van der Waals surface area contributed by atoms with Crippen molar-refractivity contribution in [3.05, 3.63) is 47.2 Å². The highest BCUT2D eigenvalue weighted by Gasteiger charge is 2.43. The highest BCUT2D eigenvalue weighted by atomic mass is 35.5. The summed E-state index contributed by atoms with van der Waals surface area (Å²) in [4.78, 5) is 17.2. The zero-order valence-corrected chi connectivity index (χ0v) is 17.3. The van der Waals surface area contributed by atoms with Crippen molar-refractivity contribution in [3.8, 4) is 17.2 Å². The van der Waals surface area contributed by atoms with Crippen LogP contribution in [0.15, 0.2) is 36.7 Å². The smallest absolute Gasteiger partial charge is 0.395 e. The van der Waals surface area contributed by atoms with Crippen LogP contribution in [0.4, 0.5) is 13.2 Å². The largest absolute Gasteiger partial charge is 0.586 e. The molecule has 6 nitrogen and oxygen atoms in total. The van der Waals surface area contributed by atoms with Gasteiger partial charge in [0.05, 0.1) is 10.7 Å². The van der Waals surface area contributed by atoms with Crippen molar-refractivity contribution in [2.45, 2.75) is 25.3 Å². The Hall–Kier alpha value is -2.78. The first-order chi connectivity index (χ1) is 14.8. The Morgan fingerprint density at radius 2 is 1.90 bits per heavy atom. The average Bonchev–Trinajstić information content (AvgIpc) is 3.24. The molecule has 0 atom stereocenters. The number of nitrogens with zero attached hydrogens (tertiary/aromatic N) is 3. The molecule has 0 N–H and O–H groups in total. The Bertz CT molecular complexity index is 1100. The summed E-state index contributed by atoms with van der Waals surface area (Å²) in [5, 5.41) is 0.971. The highest BCUT2D eigenvalue weighted by molar-refractivity contribution is 6.35. The topological polar surface area (TPSA) is 56.6 Å². The van der Waals surface area contributed by atoms with Gasteiger partial charge >= 0.3 is 6.29 Å². The van der Waals surface area contributed by atoms with E-state index in [1.165, 1.54) is 18.3 Å².